The Kier molecular flexibility index (Phi) is 8.36. The van der Waals surface area contributed by atoms with Gasteiger partial charge in [0.1, 0.15) is 12.1 Å². The number of aryl methyl sites for hydroxylation is 1. The topological polar surface area (TPSA) is 102 Å². The molecule has 9 nitrogen and oxygen atoms in total. The summed E-state index contributed by atoms with van der Waals surface area (Å²) >= 11 is 1.28. The molecule has 1 N–H and O–H groups in total. The molecule has 2 aliphatic rings. The number of hydrogen-bond acceptors (Lipinski definition) is 6. The first kappa shape index (κ1) is 31.3. The van der Waals surface area contributed by atoms with E-state index in [-0.39, 0.29) is 28.9 Å². The quantitative estimate of drug-likeness (QED) is 0.243. The van der Waals surface area contributed by atoms with E-state index in [1.807, 2.05) is 50.2 Å². The van der Waals surface area contributed by atoms with Crippen molar-refractivity contribution in [2.24, 2.45) is 4.99 Å². The van der Waals surface area contributed by atoms with Gasteiger partial charge >= 0.3 is 12.4 Å². The fourth-order valence-corrected chi connectivity index (χ4v) is 6.60. The normalized spacial score (nSPS) is 18.8. The molecule has 0 radical (unpaired) electrons. The van der Waals surface area contributed by atoms with Crippen molar-refractivity contribution in [2.75, 3.05) is 4.90 Å². The number of alkyl halides is 3. The summed E-state index contributed by atoms with van der Waals surface area (Å²) in [6.07, 6.45) is -2.06. The highest BCUT2D eigenvalue weighted by Gasteiger charge is 2.38. The summed E-state index contributed by atoms with van der Waals surface area (Å²) < 4.78 is 42.8. The first-order chi connectivity index (χ1) is 21.8. The fraction of sp³-hybridized carbons (Fsp3) is 0.303. The molecular formula is C33H31F3N6O3S. The number of carbonyl (C=O) groups excluding carboxylic acids is 2. The van der Waals surface area contributed by atoms with Crippen LogP contribution in [0.4, 0.5) is 23.7 Å². The zero-order valence-electron chi connectivity index (χ0n) is 25.5. The summed E-state index contributed by atoms with van der Waals surface area (Å²) in [5.74, 6) is 0.204. The third kappa shape index (κ3) is 6.64. The lowest BCUT2D eigenvalue weighted by Gasteiger charge is -2.22. The Morgan fingerprint density at radius 1 is 1.07 bits per heavy atom. The maximum absolute atomic E-state index is 13.2. The molecule has 1 fully saturated rings. The largest absolute Gasteiger partial charge is 0.573 e. The number of rotatable bonds is 6. The number of ether oxygens (including phenoxy) is 1. The van der Waals surface area contributed by atoms with E-state index in [1.54, 1.807) is 4.90 Å². The van der Waals surface area contributed by atoms with Gasteiger partial charge in [0.05, 0.1) is 16.6 Å². The van der Waals surface area contributed by atoms with Gasteiger partial charge in [-0.1, -0.05) is 49.9 Å². The monoisotopic (exact) mass is 648 g/mol. The number of hydrogen-bond donors (Lipinski definition) is 1. The van der Waals surface area contributed by atoms with Crippen molar-refractivity contribution in [3.63, 3.8) is 0 Å². The van der Waals surface area contributed by atoms with Gasteiger partial charge in [-0.25, -0.2) is 14.5 Å². The van der Waals surface area contributed by atoms with Crippen LogP contribution >= 0.6 is 11.8 Å². The molecule has 1 aliphatic heterocycles. The molecule has 2 heterocycles. The summed E-state index contributed by atoms with van der Waals surface area (Å²) in [6.45, 7) is 7.92. The van der Waals surface area contributed by atoms with Gasteiger partial charge in [-0.15, -0.1) is 18.3 Å². The molecular weight excluding hydrogens is 617 g/mol. The predicted octanol–water partition coefficient (Wildman–Crippen LogP) is 6.97. The lowest BCUT2D eigenvalue weighted by Crippen LogP contribution is -2.36. The Bertz CT molecular complexity index is 1840. The maximum Gasteiger partial charge on any atom is 0.573 e. The molecule has 1 aliphatic carbocycles. The smallest absolute Gasteiger partial charge is 0.406 e. The van der Waals surface area contributed by atoms with Crippen molar-refractivity contribution in [1.82, 2.24) is 20.1 Å². The highest BCUT2D eigenvalue weighted by molar-refractivity contribution is 8.16. The van der Waals surface area contributed by atoms with E-state index in [2.05, 4.69) is 39.0 Å². The molecule has 1 saturated heterocycles. The number of urea groups is 1. The number of fused-ring (bicyclic) bond motifs is 1. The Labute approximate surface area is 267 Å². The molecule has 46 heavy (non-hydrogen) atoms. The van der Waals surface area contributed by atoms with Crippen molar-refractivity contribution in [2.45, 2.75) is 64.1 Å². The van der Waals surface area contributed by atoms with Gasteiger partial charge in [0.2, 0.25) is 5.91 Å². The molecule has 13 heteroatoms. The van der Waals surface area contributed by atoms with Crippen molar-refractivity contribution in [3.05, 3.63) is 89.2 Å². The Hall–Kier alpha value is -4.65. The zero-order chi connectivity index (χ0) is 32.7. The van der Waals surface area contributed by atoms with E-state index in [4.69, 9.17) is 0 Å². The Morgan fingerprint density at radius 3 is 2.52 bits per heavy atom. The number of amides is 3. The second-order valence-electron chi connectivity index (χ2n) is 11.6. The number of nitrogens with one attached hydrogen (secondary N) is 1. The minimum absolute atomic E-state index is 0.103. The van der Waals surface area contributed by atoms with E-state index in [0.29, 0.717) is 29.5 Å². The molecule has 2 unspecified atom stereocenters. The summed E-state index contributed by atoms with van der Waals surface area (Å²) in [4.78, 5) is 36.7. The average Bonchev–Trinajstić information content (AvgIpc) is 3.69. The van der Waals surface area contributed by atoms with Gasteiger partial charge in [-0.05, 0) is 91.3 Å². The van der Waals surface area contributed by atoms with E-state index in [9.17, 15) is 22.8 Å². The second kappa shape index (κ2) is 12.3. The van der Waals surface area contributed by atoms with Crippen LogP contribution in [0.2, 0.25) is 0 Å². The maximum atomic E-state index is 13.2. The number of halogens is 3. The number of amidine groups is 1. The Morgan fingerprint density at radius 2 is 1.80 bits per heavy atom. The second-order valence-corrected chi connectivity index (χ2v) is 12.9. The minimum atomic E-state index is -4.76. The molecule has 238 valence electrons. The van der Waals surface area contributed by atoms with E-state index < -0.39 is 12.4 Å². The van der Waals surface area contributed by atoms with Gasteiger partial charge in [0, 0.05) is 11.6 Å². The summed E-state index contributed by atoms with van der Waals surface area (Å²) in [5, 5.41) is 7.51. The van der Waals surface area contributed by atoms with Gasteiger partial charge < -0.3 is 10.1 Å². The molecule has 0 bridgehead atoms. The highest BCUT2D eigenvalue weighted by atomic mass is 32.2. The van der Waals surface area contributed by atoms with E-state index in [0.717, 1.165) is 33.5 Å². The first-order valence-electron chi connectivity index (χ1n) is 14.7. The number of anilines is 1. The number of benzene rings is 3. The molecule has 4 aromatic rings. The van der Waals surface area contributed by atoms with E-state index >= 15 is 0 Å². The highest BCUT2D eigenvalue weighted by Crippen LogP contribution is 2.37. The molecule has 3 amide bonds. The Balaban J connectivity index is 1.14. The van der Waals surface area contributed by atoms with Crippen molar-refractivity contribution >= 4 is 34.6 Å². The van der Waals surface area contributed by atoms with Crippen molar-refractivity contribution in [3.8, 4) is 22.8 Å². The third-order valence-corrected chi connectivity index (χ3v) is 8.88. The summed E-state index contributed by atoms with van der Waals surface area (Å²) in [6, 6.07) is 16.5. The van der Waals surface area contributed by atoms with Gasteiger partial charge in [0.15, 0.2) is 11.0 Å². The third-order valence-electron chi connectivity index (χ3n) is 7.84. The van der Waals surface area contributed by atoms with Crippen LogP contribution in [0.15, 0.2) is 72.0 Å². The van der Waals surface area contributed by atoms with Crippen LogP contribution in [0, 0.1) is 6.92 Å². The average molecular weight is 649 g/mol. The minimum Gasteiger partial charge on any atom is -0.406 e. The molecule has 6 rings (SSSR count). The van der Waals surface area contributed by atoms with Crippen molar-refractivity contribution in [1.29, 1.82) is 0 Å². The van der Waals surface area contributed by atoms with Crippen LogP contribution < -0.4 is 15.0 Å². The predicted molar refractivity (Wildman–Crippen MR) is 170 cm³/mol. The SMILES string of the molecule is Cc1ccc(C(C)C)c(N2C(=O)C(C)SC2=NC(=O)NC2Cc3ccc(-c4ncn(-c5ccc(OC(F)(F)F)cc5)n4)cc3C2)c1. The molecule has 0 spiro atoms. The number of carbonyl (C=O) groups is 2. The molecule has 1 aromatic heterocycles. The van der Waals surface area contributed by atoms with Gasteiger partial charge in [0.25, 0.3) is 0 Å². The first-order valence-corrected chi connectivity index (χ1v) is 15.6. The van der Waals surface area contributed by atoms with Crippen LogP contribution in [0.5, 0.6) is 5.75 Å². The molecule has 3 aromatic carbocycles. The summed E-state index contributed by atoms with van der Waals surface area (Å²) in [7, 11) is 0. The van der Waals surface area contributed by atoms with Crippen LogP contribution in [-0.2, 0) is 17.6 Å². The van der Waals surface area contributed by atoms with Crippen molar-refractivity contribution < 1.29 is 27.5 Å². The fourth-order valence-electron chi connectivity index (χ4n) is 5.64. The van der Waals surface area contributed by atoms with Gasteiger partial charge in [-0.2, -0.15) is 4.99 Å². The van der Waals surface area contributed by atoms with Crippen LogP contribution in [0.25, 0.3) is 17.1 Å². The number of nitrogens with zero attached hydrogens (tertiary/aromatic N) is 5. The molecule has 2 atom stereocenters. The number of aromatic nitrogens is 3. The summed E-state index contributed by atoms with van der Waals surface area (Å²) in [5.41, 5.74) is 6.21. The number of thioether (sulfide) groups is 1. The van der Waals surface area contributed by atoms with Crippen LogP contribution in [0.1, 0.15) is 48.9 Å². The standard InChI is InChI=1S/C33H31F3N6O3S/c1-18(2)27-12-5-19(3)13-28(27)42-30(43)20(4)46-32(42)39-31(44)38-24-15-21-6-7-22(14-23(21)16-24)29-37-17-41(40-29)25-8-10-26(11-9-25)45-33(34,35)36/h5-14,17-18,20,24H,15-16H2,1-4H3,(H,38,44). The van der Waals surface area contributed by atoms with E-state index in [1.165, 1.54) is 47.0 Å². The molecule has 0 saturated carbocycles. The number of aliphatic imine (C=N–C) groups is 1. The van der Waals surface area contributed by atoms with Crippen LogP contribution in [0.3, 0.4) is 0 Å². The zero-order valence-corrected chi connectivity index (χ0v) is 26.3. The lowest BCUT2D eigenvalue weighted by molar-refractivity contribution is -0.274. The van der Waals surface area contributed by atoms with Gasteiger partial charge in [-0.3, -0.25) is 9.69 Å². The van der Waals surface area contributed by atoms with Crippen LogP contribution in [-0.4, -0.2) is 49.5 Å². The lowest BCUT2D eigenvalue weighted by atomic mass is 9.98.